The third-order valence-electron chi connectivity index (χ3n) is 3.25. The van der Waals surface area contributed by atoms with E-state index in [0.717, 1.165) is 23.6 Å². The maximum Gasteiger partial charge on any atom is 0.140 e. The Labute approximate surface area is 131 Å². The van der Waals surface area contributed by atoms with Crippen LogP contribution < -0.4 is 0 Å². The van der Waals surface area contributed by atoms with Gasteiger partial charge in [-0.3, -0.25) is 4.68 Å². The van der Waals surface area contributed by atoms with E-state index in [2.05, 4.69) is 67.6 Å². The van der Waals surface area contributed by atoms with Crippen LogP contribution in [0.2, 0.25) is 0 Å². The van der Waals surface area contributed by atoms with Crippen LogP contribution in [0, 0.1) is 10.5 Å². The van der Waals surface area contributed by atoms with Gasteiger partial charge in [0.1, 0.15) is 5.82 Å². The Bertz CT molecular complexity index is 725. The van der Waals surface area contributed by atoms with Crippen LogP contribution in [0.5, 0.6) is 0 Å². The molecule has 0 saturated heterocycles. The molecule has 3 rings (SSSR count). The van der Waals surface area contributed by atoms with Crippen molar-refractivity contribution in [2.24, 2.45) is 7.05 Å². The first-order chi connectivity index (χ1) is 9.63. The van der Waals surface area contributed by atoms with Crippen LogP contribution in [-0.4, -0.2) is 19.3 Å². The Kier molecular flexibility index (Phi) is 3.60. The molecule has 2 heterocycles. The molecule has 0 aliphatic rings. The maximum absolute atomic E-state index is 4.48. The monoisotopic (exact) mass is 378 g/mol. The summed E-state index contributed by atoms with van der Waals surface area (Å²) in [6.45, 7) is 2.79. The standard InChI is InChI=1S/C15H15IN4/c1-11-9-14(19(2)18-11)10-20-8-7-17-15(20)12-3-5-13(16)6-4-12/h3-9H,10H2,1-2H3. The van der Waals surface area contributed by atoms with Gasteiger partial charge in [0.2, 0.25) is 0 Å². The Morgan fingerprint density at radius 2 is 1.95 bits per heavy atom. The van der Waals surface area contributed by atoms with E-state index in [1.165, 1.54) is 9.26 Å². The number of hydrogen-bond acceptors (Lipinski definition) is 2. The Hall–Kier alpha value is -1.63. The van der Waals surface area contributed by atoms with E-state index in [1.54, 1.807) is 0 Å². The predicted octanol–water partition coefficient (Wildman–Crippen LogP) is 3.24. The molecule has 0 aliphatic heterocycles. The molecule has 0 N–H and O–H groups in total. The summed E-state index contributed by atoms with van der Waals surface area (Å²) in [5.74, 6) is 0.986. The van der Waals surface area contributed by atoms with Crippen LogP contribution in [0.1, 0.15) is 11.4 Å². The van der Waals surface area contributed by atoms with Gasteiger partial charge in [-0.15, -0.1) is 0 Å². The average molecular weight is 378 g/mol. The number of rotatable bonds is 3. The zero-order chi connectivity index (χ0) is 14.1. The molecule has 2 aromatic heterocycles. The summed E-state index contributed by atoms with van der Waals surface area (Å²) < 4.78 is 5.30. The van der Waals surface area contributed by atoms with Gasteiger partial charge < -0.3 is 4.57 Å². The molecule has 3 aromatic rings. The van der Waals surface area contributed by atoms with Crippen LogP contribution in [0.15, 0.2) is 42.7 Å². The van der Waals surface area contributed by atoms with Crippen molar-refractivity contribution in [1.29, 1.82) is 0 Å². The molecule has 0 aliphatic carbocycles. The molecular weight excluding hydrogens is 363 g/mol. The van der Waals surface area contributed by atoms with Crippen molar-refractivity contribution < 1.29 is 0 Å². The van der Waals surface area contributed by atoms with E-state index in [4.69, 9.17) is 0 Å². The number of hydrogen-bond donors (Lipinski definition) is 0. The molecule has 102 valence electrons. The second kappa shape index (κ2) is 5.40. The van der Waals surface area contributed by atoms with Gasteiger partial charge in [-0.1, -0.05) is 12.1 Å². The molecule has 0 spiro atoms. The second-order valence-electron chi connectivity index (χ2n) is 4.79. The Balaban J connectivity index is 1.94. The fourth-order valence-corrected chi connectivity index (χ4v) is 2.64. The van der Waals surface area contributed by atoms with Crippen LogP contribution in [0.4, 0.5) is 0 Å². The molecule has 1 aromatic carbocycles. The smallest absolute Gasteiger partial charge is 0.140 e. The summed E-state index contributed by atoms with van der Waals surface area (Å²) >= 11 is 2.31. The van der Waals surface area contributed by atoms with Crippen molar-refractivity contribution in [3.8, 4) is 11.4 Å². The van der Waals surface area contributed by atoms with Crippen molar-refractivity contribution in [1.82, 2.24) is 19.3 Å². The zero-order valence-electron chi connectivity index (χ0n) is 11.4. The minimum Gasteiger partial charge on any atom is -0.325 e. The lowest BCUT2D eigenvalue weighted by atomic mass is 10.2. The molecule has 20 heavy (non-hydrogen) atoms. The fraction of sp³-hybridized carbons (Fsp3) is 0.200. The molecule has 0 saturated carbocycles. The third-order valence-corrected chi connectivity index (χ3v) is 3.97. The summed E-state index contributed by atoms with van der Waals surface area (Å²) in [5.41, 5.74) is 3.35. The van der Waals surface area contributed by atoms with Crippen molar-refractivity contribution >= 4 is 22.6 Å². The Morgan fingerprint density at radius 3 is 2.60 bits per heavy atom. The first-order valence-corrected chi connectivity index (χ1v) is 7.48. The average Bonchev–Trinajstić information content (AvgIpc) is 2.98. The van der Waals surface area contributed by atoms with E-state index >= 15 is 0 Å². The molecular formula is C15H15IN4. The number of imidazole rings is 1. The minimum atomic E-state index is 0.776. The van der Waals surface area contributed by atoms with Crippen molar-refractivity contribution in [2.75, 3.05) is 0 Å². The maximum atomic E-state index is 4.48. The molecule has 0 atom stereocenters. The van der Waals surface area contributed by atoms with Crippen molar-refractivity contribution in [2.45, 2.75) is 13.5 Å². The topological polar surface area (TPSA) is 35.6 Å². The lowest BCUT2D eigenvalue weighted by molar-refractivity contribution is 0.666. The molecule has 0 fully saturated rings. The number of benzene rings is 1. The van der Waals surface area contributed by atoms with Gasteiger partial charge in [-0.25, -0.2) is 4.98 Å². The van der Waals surface area contributed by atoms with Crippen LogP contribution in [0.3, 0.4) is 0 Å². The number of aryl methyl sites for hydroxylation is 2. The van der Waals surface area contributed by atoms with Gasteiger partial charge >= 0.3 is 0 Å². The van der Waals surface area contributed by atoms with Gasteiger partial charge in [-0.05, 0) is 47.7 Å². The first kappa shape index (κ1) is 13.4. The SMILES string of the molecule is Cc1cc(Cn2ccnc2-c2ccc(I)cc2)n(C)n1. The van der Waals surface area contributed by atoms with E-state index in [-0.39, 0.29) is 0 Å². The van der Waals surface area contributed by atoms with Gasteiger partial charge in [0.15, 0.2) is 0 Å². The van der Waals surface area contributed by atoms with Crippen LogP contribution in [-0.2, 0) is 13.6 Å². The normalized spacial score (nSPS) is 10.9. The largest absolute Gasteiger partial charge is 0.325 e. The summed E-state index contributed by atoms with van der Waals surface area (Å²) in [6, 6.07) is 10.5. The lowest BCUT2D eigenvalue weighted by Gasteiger charge is -2.08. The molecule has 0 amide bonds. The molecule has 4 nitrogen and oxygen atoms in total. The number of nitrogens with zero attached hydrogens (tertiary/aromatic N) is 4. The Morgan fingerprint density at radius 1 is 1.20 bits per heavy atom. The number of halogens is 1. The van der Waals surface area contributed by atoms with E-state index in [0.29, 0.717) is 0 Å². The zero-order valence-corrected chi connectivity index (χ0v) is 13.6. The van der Waals surface area contributed by atoms with Crippen LogP contribution >= 0.6 is 22.6 Å². The quantitative estimate of drug-likeness (QED) is 0.656. The van der Waals surface area contributed by atoms with Crippen LogP contribution in [0.25, 0.3) is 11.4 Å². The predicted molar refractivity (Wildman–Crippen MR) is 87.4 cm³/mol. The van der Waals surface area contributed by atoms with Crippen molar-refractivity contribution in [3.63, 3.8) is 0 Å². The summed E-state index contributed by atoms with van der Waals surface area (Å²) in [4.78, 5) is 4.48. The van der Waals surface area contributed by atoms with Gasteiger partial charge in [0.25, 0.3) is 0 Å². The van der Waals surface area contributed by atoms with E-state index < -0.39 is 0 Å². The highest BCUT2D eigenvalue weighted by Crippen LogP contribution is 2.20. The van der Waals surface area contributed by atoms with Gasteiger partial charge in [0.05, 0.1) is 17.9 Å². The van der Waals surface area contributed by atoms with Gasteiger partial charge in [-0.2, -0.15) is 5.10 Å². The molecule has 0 radical (unpaired) electrons. The highest BCUT2D eigenvalue weighted by molar-refractivity contribution is 14.1. The minimum absolute atomic E-state index is 0.776. The fourth-order valence-electron chi connectivity index (χ4n) is 2.28. The summed E-state index contributed by atoms with van der Waals surface area (Å²) in [5, 5.41) is 4.39. The number of aromatic nitrogens is 4. The molecule has 5 heteroatoms. The summed E-state index contributed by atoms with van der Waals surface area (Å²) in [6.07, 6.45) is 3.85. The molecule has 0 bridgehead atoms. The van der Waals surface area contributed by atoms with Crippen molar-refractivity contribution in [3.05, 3.63) is 57.7 Å². The highest BCUT2D eigenvalue weighted by Gasteiger charge is 2.09. The highest BCUT2D eigenvalue weighted by atomic mass is 127. The van der Waals surface area contributed by atoms with E-state index in [1.807, 2.05) is 31.0 Å². The lowest BCUT2D eigenvalue weighted by Crippen LogP contribution is -2.06. The van der Waals surface area contributed by atoms with Gasteiger partial charge in [0, 0.05) is 28.6 Å². The summed E-state index contributed by atoms with van der Waals surface area (Å²) in [7, 11) is 1.98. The first-order valence-electron chi connectivity index (χ1n) is 6.40. The van der Waals surface area contributed by atoms with E-state index in [9.17, 15) is 0 Å². The molecule has 0 unspecified atom stereocenters. The second-order valence-corrected chi connectivity index (χ2v) is 6.03. The third kappa shape index (κ3) is 2.63.